The number of benzene rings is 2. The molecule has 0 spiro atoms. The number of aromatic nitrogens is 3. The zero-order valence-corrected chi connectivity index (χ0v) is 20.0. The van der Waals surface area contributed by atoms with Gasteiger partial charge in [-0.1, -0.05) is 48.5 Å². The zero-order chi connectivity index (χ0) is 24.0. The number of hydrogen-bond donors (Lipinski definition) is 2. The first-order valence-corrected chi connectivity index (χ1v) is 11.7. The molecule has 0 fully saturated rings. The maximum atomic E-state index is 13.9. The zero-order valence-electron chi connectivity index (χ0n) is 19.2. The van der Waals surface area contributed by atoms with E-state index in [1.807, 2.05) is 50.5 Å². The Labute approximate surface area is 197 Å². The summed E-state index contributed by atoms with van der Waals surface area (Å²) in [5.41, 5.74) is 3.02. The van der Waals surface area contributed by atoms with E-state index >= 15 is 0 Å². The van der Waals surface area contributed by atoms with E-state index in [2.05, 4.69) is 20.8 Å². The molecule has 2 amide bonds. The molecule has 1 aromatic heterocycles. The topological polar surface area (TPSA) is 88.9 Å². The highest BCUT2D eigenvalue weighted by Gasteiger charge is 2.23. The monoisotopic (exact) mass is 469 g/mol. The number of nitrogens with zero attached hydrogens (tertiary/aromatic N) is 3. The fourth-order valence-electron chi connectivity index (χ4n) is 3.37. The van der Waals surface area contributed by atoms with Crippen molar-refractivity contribution in [3.05, 3.63) is 65.2 Å². The molecule has 0 aliphatic heterocycles. The third kappa shape index (κ3) is 6.19. The highest BCUT2D eigenvalue weighted by Crippen LogP contribution is 2.26. The molecule has 3 rings (SSSR count). The van der Waals surface area contributed by atoms with Gasteiger partial charge in [-0.2, -0.15) is 0 Å². The van der Waals surface area contributed by atoms with Crippen LogP contribution >= 0.6 is 11.8 Å². The van der Waals surface area contributed by atoms with Gasteiger partial charge < -0.3 is 15.2 Å². The fourth-order valence-corrected chi connectivity index (χ4v) is 4.41. The number of nitrogens with one attached hydrogen (secondary N) is 2. The molecular formula is C24H28FN5O2S. The second-order valence-corrected chi connectivity index (χ2v) is 8.84. The molecular weight excluding hydrogens is 441 g/mol. The molecule has 3 aromatic rings. The lowest BCUT2D eigenvalue weighted by Gasteiger charge is -2.15. The van der Waals surface area contributed by atoms with E-state index in [1.165, 1.54) is 23.9 Å². The molecule has 0 unspecified atom stereocenters. The molecule has 0 aliphatic rings. The molecule has 0 bridgehead atoms. The summed E-state index contributed by atoms with van der Waals surface area (Å²) >= 11 is 1.25. The van der Waals surface area contributed by atoms with Crippen LogP contribution in [0.2, 0.25) is 0 Å². The van der Waals surface area contributed by atoms with Crippen molar-refractivity contribution >= 4 is 35.0 Å². The Morgan fingerprint density at radius 1 is 1.06 bits per heavy atom. The number of carbonyl (C=O) groups excluding carboxylic acids is 2. The minimum absolute atomic E-state index is 0.0624. The SMILES string of the molecule is CC[C@H](Sc1nnc(CC(=O)Nc2ccc(C)cc2C)n1CC)C(=O)Nc1ccccc1F. The predicted octanol–water partition coefficient (Wildman–Crippen LogP) is 4.74. The number of amides is 2. The quantitative estimate of drug-likeness (QED) is 0.442. The van der Waals surface area contributed by atoms with Crippen LogP contribution in [0.25, 0.3) is 0 Å². The second kappa shape index (κ2) is 11.1. The molecule has 2 aromatic carbocycles. The number of carbonyl (C=O) groups is 2. The summed E-state index contributed by atoms with van der Waals surface area (Å²) in [7, 11) is 0. The molecule has 2 N–H and O–H groups in total. The van der Waals surface area contributed by atoms with Crippen LogP contribution in [0.1, 0.15) is 37.2 Å². The van der Waals surface area contributed by atoms with Gasteiger partial charge in [-0.25, -0.2) is 4.39 Å². The molecule has 33 heavy (non-hydrogen) atoms. The van der Waals surface area contributed by atoms with Crippen LogP contribution in [-0.4, -0.2) is 31.8 Å². The van der Waals surface area contributed by atoms with E-state index in [9.17, 15) is 14.0 Å². The van der Waals surface area contributed by atoms with Gasteiger partial charge in [-0.05, 0) is 51.0 Å². The summed E-state index contributed by atoms with van der Waals surface area (Å²) in [6.07, 6.45) is 0.580. The first-order valence-electron chi connectivity index (χ1n) is 10.8. The van der Waals surface area contributed by atoms with Crippen molar-refractivity contribution in [3.8, 4) is 0 Å². The van der Waals surface area contributed by atoms with Crippen LogP contribution in [0.15, 0.2) is 47.6 Å². The molecule has 0 saturated carbocycles. The average molecular weight is 470 g/mol. The van der Waals surface area contributed by atoms with Crippen molar-refractivity contribution in [1.82, 2.24) is 14.8 Å². The number of hydrogen-bond acceptors (Lipinski definition) is 5. The summed E-state index contributed by atoms with van der Waals surface area (Å²) in [5.74, 6) is -0.469. The number of aryl methyl sites for hydroxylation is 2. The largest absolute Gasteiger partial charge is 0.325 e. The Morgan fingerprint density at radius 3 is 2.48 bits per heavy atom. The van der Waals surface area contributed by atoms with Crippen LogP contribution in [0.3, 0.4) is 0 Å². The summed E-state index contributed by atoms with van der Waals surface area (Å²) in [5, 5.41) is 14.0. The van der Waals surface area contributed by atoms with E-state index in [4.69, 9.17) is 0 Å². The molecule has 0 aliphatic carbocycles. The molecule has 174 valence electrons. The fraction of sp³-hybridized carbons (Fsp3) is 0.333. The van der Waals surface area contributed by atoms with Crippen molar-refractivity contribution in [3.63, 3.8) is 0 Å². The van der Waals surface area contributed by atoms with E-state index < -0.39 is 11.1 Å². The van der Waals surface area contributed by atoms with Crippen LogP contribution in [-0.2, 0) is 22.6 Å². The summed E-state index contributed by atoms with van der Waals surface area (Å²) in [4.78, 5) is 25.3. The van der Waals surface area contributed by atoms with Gasteiger partial charge in [-0.15, -0.1) is 10.2 Å². The minimum Gasteiger partial charge on any atom is -0.325 e. The molecule has 9 heteroatoms. The van der Waals surface area contributed by atoms with Crippen molar-refractivity contribution in [1.29, 1.82) is 0 Å². The van der Waals surface area contributed by atoms with E-state index in [-0.39, 0.29) is 23.9 Å². The maximum Gasteiger partial charge on any atom is 0.238 e. The van der Waals surface area contributed by atoms with Gasteiger partial charge in [0.1, 0.15) is 11.6 Å². The molecule has 0 radical (unpaired) electrons. The lowest BCUT2D eigenvalue weighted by molar-refractivity contribution is -0.116. The van der Waals surface area contributed by atoms with Crippen molar-refractivity contribution in [2.24, 2.45) is 0 Å². The van der Waals surface area contributed by atoms with Crippen molar-refractivity contribution in [2.45, 2.75) is 57.5 Å². The van der Waals surface area contributed by atoms with Gasteiger partial charge in [0.05, 0.1) is 17.4 Å². The van der Waals surface area contributed by atoms with Gasteiger partial charge in [0, 0.05) is 12.2 Å². The first kappa shape index (κ1) is 24.4. The third-order valence-corrected chi connectivity index (χ3v) is 6.47. The normalized spacial score (nSPS) is 11.8. The number of anilines is 2. The number of halogens is 1. The molecule has 1 atom stereocenters. The summed E-state index contributed by atoms with van der Waals surface area (Å²) < 4.78 is 15.7. The molecule has 0 saturated heterocycles. The second-order valence-electron chi connectivity index (χ2n) is 7.67. The number of para-hydroxylation sites is 1. The third-order valence-electron chi connectivity index (χ3n) is 5.13. The standard InChI is InChI=1S/C24H28FN5O2S/c1-5-20(23(32)27-19-10-8-7-9-17(19)25)33-24-29-28-21(30(24)6-2)14-22(31)26-18-12-11-15(3)13-16(18)4/h7-13,20H,5-6,14H2,1-4H3,(H,26,31)(H,27,32)/t20-/m0/s1. The Kier molecular flexibility index (Phi) is 8.21. The average Bonchev–Trinajstić information content (AvgIpc) is 3.16. The summed E-state index contributed by atoms with van der Waals surface area (Å²) in [6, 6.07) is 11.9. The smallest absolute Gasteiger partial charge is 0.238 e. The maximum absolute atomic E-state index is 13.9. The van der Waals surface area contributed by atoms with E-state index in [1.54, 1.807) is 12.1 Å². The molecule has 7 nitrogen and oxygen atoms in total. The first-order chi connectivity index (χ1) is 15.8. The van der Waals surface area contributed by atoms with Gasteiger partial charge in [0.2, 0.25) is 11.8 Å². The highest BCUT2D eigenvalue weighted by atomic mass is 32.2. The van der Waals surface area contributed by atoms with Gasteiger partial charge >= 0.3 is 0 Å². The van der Waals surface area contributed by atoms with Crippen LogP contribution in [0.5, 0.6) is 0 Å². The van der Waals surface area contributed by atoms with Crippen molar-refractivity contribution < 1.29 is 14.0 Å². The lowest BCUT2D eigenvalue weighted by Crippen LogP contribution is -2.25. The van der Waals surface area contributed by atoms with E-state index in [0.29, 0.717) is 23.9 Å². The molecule has 1 heterocycles. The lowest BCUT2D eigenvalue weighted by atomic mass is 10.1. The van der Waals surface area contributed by atoms with Crippen LogP contribution in [0.4, 0.5) is 15.8 Å². The highest BCUT2D eigenvalue weighted by molar-refractivity contribution is 8.00. The van der Waals surface area contributed by atoms with E-state index in [0.717, 1.165) is 16.8 Å². The van der Waals surface area contributed by atoms with Gasteiger partial charge in [0.25, 0.3) is 0 Å². The van der Waals surface area contributed by atoms with Crippen LogP contribution in [0, 0.1) is 19.7 Å². The number of rotatable bonds is 9. The summed E-state index contributed by atoms with van der Waals surface area (Å²) in [6.45, 7) is 8.31. The van der Waals surface area contributed by atoms with Crippen molar-refractivity contribution in [2.75, 3.05) is 10.6 Å². The van der Waals surface area contributed by atoms with Gasteiger partial charge in [0.15, 0.2) is 5.16 Å². The Balaban J connectivity index is 1.69. The predicted molar refractivity (Wildman–Crippen MR) is 129 cm³/mol. The Bertz CT molecular complexity index is 1150. The minimum atomic E-state index is -0.490. The number of thioether (sulfide) groups is 1. The van der Waals surface area contributed by atoms with Gasteiger partial charge in [-0.3, -0.25) is 9.59 Å². The van der Waals surface area contributed by atoms with Crippen LogP contribution < -0.4 is 10.6 Å². The Morgan fingerprint density at radius 2 is 1.82 bits per heavy atom. The Hall–Kier alpha value is -3.20.